The van der Waals surface area contributed by atoms with Crippen LogP contribution < -0.4 is 28.4 Å². The number of methoxy groups -OCH3 is 3. The molecule has 0 aliphatic heterocycles. The summed E-state index contributed by atoms with van der Waals surface area (Å²) in [5, 5.41) is 45.8. The molecule has 0 spiro atoms. The van der Waals surface area contributed by atoms with Gasteiger partial charge in [-0.25, -0.2) is 15.0 Å². The first-order chi connectivity index (χ1) is 47.3. The maximum Gasteiger partial charge on any atom is 0.204 e. The molecule has 21 nitrogen and oxygen atoms in total. The minimum Gasteiger partial charge on any atom is -0.496 e. The number of rotatable bonds is 21. The number of nitrogens with one attached hydrogen (secondary N) is 3. The quantitative estimate of drug-likeness (QED) is 0.0604. The average molecular weight is 1270 g/mol. The molecule has 0 atom stereocenters. The Labute approximate surface area is 551 Å². The van der Waals surface area contributed by atoms with Crippen molar-refractivity contribution in [3.63, 3.8) is 0 Å². The van der Waals surface area contributed by atoms with Gasteiger partial charge in [0.05, 0.1) is 55.0 Å². The normalized spacial score (nSPS) is 10.9. The first-order valence-corrected chi connectivity index (χ1v) is 30.8. The van der Waals surface area contributed by atoms with Crippen LogP contribution in [0.3, 0.4) is 0 Å². The highest BCUT2D eigenvalue weighted by Gasteiger charge is 2.15. The van der Waals surface area contributed by atoms with Crippen LogP contribution in [0, 0.1) is 0 Å². The summed E-state index contributed by atoms with van der Waals surface area (Å²) < 4.78 is 34.6. The average Bonchev–Trinajstić information content (AvgIpc) is 1.75. The smallest absolute Gasteiger partial charge is 0.204 e. The lowest BCUT2D eigenvalue weighted by atomic mass is 10.0. The van der Waals surface area contributed by atoms with E-state index in [0.717, 1.165) is 141 Å². The van der Waals surface area contributed by atoms with Crippen LogP contribution in [0.25, 0.3) is 66.9 Å². The fourth-order valence-electron chi connectivity index (χ4n) is 10.8. The van der Waals surface area contributed by atoms with Crippen molar-refractivity contribution in [3.8, 4) is 68.7 Å². The third kappa shape index (κ3) is 15.7. The summed E-state index contributed by atoms with van der Waals surface area (Å²) in [6, 6.07) is 78.4. The van der Waals surface area contributed by atoms with Gasteiger partial charge >= 0.3 is 0 Å². The zero-order valence-electron chi connectivity index (χ0n) is 52.6. The molecule has 6 heterocycles. The van der Waals surface area contributed by atoms with Gasteiger partial charge in [-0.15, -0.1) is 30.6 Å². The van der Waals surface area contributed by atoms with Crippen molar-refractivity contribution < 1.29 is 28.4 Å². The van der Waals surface area contributed by atoms with Crippen molar-refractivity contribution in [2.75, 3.05) is 21.3 Å². The highest BCUT2D eigenvalue weighted by molar-refractivity contribution is 5.80. The van der Waals surface area contributed by atoms with E-state index in [-0.39, 0.29) is 0 Å². The van der Waals surface area contributed by atoms with E-state index < -0.39 is 0 Å². The molecule has 3 N–H and O–H groups in total. The van der Waals surface area contributed by atoms with Crippen LogP contribution in [0.5, 0.6) is 34.5 Å². The molecule has 0 aliphatic rings. The SMILES string of the molecule is COc1cc(-c2nn[nH]n2)ccc1Cc1ccc(OCc2ccc3ccccc3n2)cc1.COc1cc(-c2nn[nH]n2)ccc1Cc1cccc(OCc2ccc3ccccc3n2)c1.COc1ccc(-c2nn[nH]n2)cc1Cc1ccc(OCc2ccc3ccccc3n2)cc1. The van der Waals surface area contributed by atoms with Crippen molar-refractivity contribution in [3.05, 3.63) is 287 Å². The third-order valence-electron chi connectivity index (χ3n) is 15.7. The first kappa shape index (κ1) is 62.0. The summed E-state index contributed by atoms with van der Waals surface area (Å²) >= 11 is 0. The highest BCUT2D eigenvalue weighted by atomic mass is 16.5. The maximum absolute atomic E-state index is 6.02. The molecule has 15 rings (SSSR count). The van der Waals surface area contributed by atoms with E-state index in [0.29, 0.717) is 50.1 Å². The number of para-hydroxylation sites is 3. The van der Waals surface area contributed by atoms with E-state index in [1.165, 1.54) is 0 Å². The van der Waals surface area contributed by atoms with E-state index in [1.54, 1.807) is 21.3 Å². The van der Waals surface area contributed by atoms with E-state index in [1.807, 2.05) is 170 Å². The molecule has 15 aromatic rings. The second-order valence-corrected chi connectivity index (χ2v) is 22.1. The Morgan fingerprint density at radius 1 is 0.302 bits per heavy atom. The van der Waals surface area contributed by atoms with E-state index in [4.69, 9.17) is 28.4 Å². The number of pyridine rings is 3. The van der Waals surface area contributed by atoms with Crippen LogP contribution in [0.1, 0.15) is 50.5 Å². The largest absolute Gasteiger partial charge is 0.496 e. The monoisotopic (exact) mass is 1270 g/mol. The molecule has 0 radical (unpaired) electrons. The van der Waals surface area contributed by atoms with Crippen LogP contribution in [-0.2, 0) is 39.1 Å². The number of nitrogens with zero attached hydrogens (tertiary/aromatic N) is 12. The lowest BCUT2D eigenvalue weighted by Gasteiger charge is -2.11. The van der Waals surface area contributed by atoms with Crippen molar-refractivity contribution >= 4 is 32.7 Å². The minimum absolute atomic E-state index is 0.414. The lowest BCUT2D eigenvalue weighted by Crippen LogP contribution is -1.99. The predicted molar refractivity (Wildman–Crippen MR) is 364 cm³/mol. The van der Waals surface area contributed by atoms with Crippen LogP contribution in [0.4, 0.5) is 0 Å². The molecular weight excluding hydrogens is 1210 g/mol. The third-order valence-corrected chi connectivity index (χ3v) is 15.7. The molecule has 0 saturated heterocycles. The number of H-pyrrole nitrogens is 3. The van der Waals surface area contributed by atoms with Crippen molar-refractivity contribution in [2.45, 2.75) is 39.1 Å². The van der Waals surface area contributed by atoms with Crippen LogP contribution in [-0.4, -0.2) is 98.2 Å². The molecule has 21 heteroatoms. The Bertz CT molecular complexity index is 5020. The maximum atomic E-state index is 6.02. The Kier molecular flexibility index (Phi) is 19.5. The molecule has 0 amide bonds. The summed E-state index contributed by atoms with van der Waals surface area (Å²) in [4.78, 5) is 14.0. The Morgan fingerprint density at radius 3 is 1.12 bits per heavy atom. The highest BCUT2D eigenvalue weighted by Crippen LogP contribution is 2.32. The summed E-state index contributed by atoms with van der Waals surface area (Å²) in [6.45, 7) is 1.26. The summed E-state index contributed by atoms with van der Waals surface area (Å²) in [6.07, 6.45) is 2.16. The number of fused-ring (bicyclic) bond motifs is 3. The van der Waals surface area contributed by atoms with Gasteiger partial charge < -0.3 is 28.4 Å². The number of tetrazole rings is 3. The molecule has 96 heavy (non-hydrogen) atoms. The molecule has 6 aromatic heterocycles. The topological polar surface area (TPSA) is 257 Å². The van der Waals surface area contributed by atoms with Gasteiger partial charge in [0.2, 0.25) is 17.5 Å². The second kappa shape index (κ2) is 30.1. The van der Waals surface area contributed by atoms with Gasteiger partial charge in [-0.05, 0) is 152 Å². The zero-order valence-corrected chi connectivity index (χ0v) is 52.6. The van der Waals surface area contributed by atoms with E-state index in [2.05, 4.69) is 144 Å². The van der Waals surface area contributed by atoms with E-state index in [9.17, 15) is 0 Å². The van der Waals surface area contributed by atoms with Crippen LogP contribution in [0.15, 0.2) is 237 Å². The van der Waals surface area contributed by atoms with Crippen LogP contribution >= 0.6 is 0 Å². The molecule has 0 unspecified atom stereocenters. The van der Waals surface area contributed by atoms with Crippen molar-refractivity contribution in [1.82, 2.24) is 76.8 Å². The fraction of sp³-hybridized carbons (Fsp3) is 0.120. The standard InChI is InChI=1S/3C25H21N5O2/c1-31-24-15-20(25-27-29-30-28-25)10-9-19(24)13-17-5-4-7-22(14-17)32-16-21-12-11-18-6-2-3-8-23(18)26-21;1-31-24-13-9-19(25-27-29-30-28-25)15-20(24)14-17-6-11-22(12-7-17)32-16-21-10-8-18-4-2-3-5-23(18)26-21;1-31-24-15-20(25-27-29-30-28-25)9-8-19(24)14-17-6-12-22(13-7-17)32-16-21-11-10-18-4-2-3-5-23(18)26-21/h2-12,14-15H,13,16H2,1H3,(H,27,28,29,30);2*2-13,15H,14,16H2,1H3,(H,27,28,29,30). The number of hydrogen-bond donors (Lipinski definition) is 3. The fourth-order valence-corrected chi connectivity index (χ4v) is 10.8. The second-order valence-electron chi connectivity index (χ2n) is 22.1. The van der Waals surface area contributed by atoms with Gasteiger partial charge in [0.1, 0.15) is 54.3 Å². The van der Waals surface area contributed by atoms with Gasteiger partial charge in [-0.2, -0.15) is 15.6 Å². The summed E-state index contributed by atoms with van der Waals surface area (Å²) in [5.74, 6) is 6.43. The van der Waals surface area contributed by atoms with Crippen molar-refractivity contribution in [1.29, 1.82) is 0 Å². The Hall–Kier alpha value is -12.8. The number of hydrogen-bond acceptors (Lipinski definition) is 18. The Balaban J connectivity index is 0.000000130. The molecule has 0 saturated carbocycles. The van der Waals surface area contributed by atoms with E-state index >= 15 is 0 Å². The van der Waals surface area contributed by atoms with Crippen molar-refractivity contribution in [2.24, 2.45) is 0 Å². The van der Waals surface area contributed by atoms with Gasteiger partial charge in [0.15, 0.2) is 0 Å². The van der Waals surface area contributed by atoms with Gasteiger partial charge in [0.25, 0.3) is 0 Å². The predicted octanol–water partition coefficient (Wildman–Crippen LogP) is 13.8. The van der Waals surface area contributed by atoms with Crippen LogP contribution in [0.2, 0.25) is 0 Å². The van der Waals surface area contributed by atoms with Gasteiger partial charge in [-0.1, -0.05) is 133 Å². The molecule has 0 fully saturated rings. The zero-order chi connectivity index (χ0) is 65.3. The van der Waals surface area contributed by atoms with Gasteiger partial charge in [-0.3, -0.25) is 0 Å². The summed E-state index contributed by atoms with van der Waals surface area (Å²) in [5.41, 5.74) is 14.8. The Morgan fingerprint density at radius 2 is 0.698 bits per heavy atom. The first-order valence-electron chi connectivity index (χ1n) is 30.8. The molecule has 0 bridgehead atoms. The van der Waals surface area contributed by atoms with Gasteiger partial charge in [0, 0.05) is 52.1 Å². The molecule has 9 aromatic carbocycles. The number of aromatic amines is 3. The number of ether oxygens (including phenoxy) is 6. The molecule has 0 aliphatic carbocycles. The number of aromatic nitrogens is 15. The minimum atomic E-state index is 0.414. The molecular formula is C75H63N15O6. The number of benzene rings is 9. The summed E-state index contributed by atoms with van der Waals surface area (Å²) in [7, 11) is 5.00. The molecule has 474 valence electrons. The lowest BCUT2D eigenvalue weighted by molar-refractivity contribution is 0.301.